The zero-order valence-corrected chi connectivity index (χ0v) is 13.4. The van der Waals surface area contributed by atoms with Crippen LogP contribution in [0.5, 0.6) is 0 Å². The summed E-state index contributed by atoms with van der Waals surface area (Å²) in [7, 11) is 0. The molecular formula is C19H24ClN. The first-order valence-corrected chi connectivity index (χ1v) is 8.73. The fourth-order valence-corrected chi connectivity index (χ4v) is 3.73. The molecule has 21 heavy (non-hydrogen) atoms. The molecule has 0 N–H and O–H groups in total. The van der Waals surface area contributed by atoms with Crippen LogP contribution in [0.15, 0.2) is 36.4 Å². The Balaban J connectivity index is 1.54. The van der Waals surface area contributed by atoms with Gasteiger partial charge in [0.15, 0.2) is 0 Å². The van der Waals surface area contributed by atoms with Crippen molar-refractivity contribution < 1.29 is 0 Å². The minimum atomic E-state index is 0.223. The van der Waals surface area contributed by atoms with E-state index in [9.17, 15) is 0 Å². The molecule has 0 spiro atoms. The standard InChI is InChI=1S/C19H24ClN/c20-17(12-10-15-6-2-1-3-7-15)14-18-13-11-16-8-4-5-9-19(16)21-18/h4-5,8-9,11,13,15,17H,1-3,6-7,10,12,14H2. The topological polar surface area (TPSA) is 12.9 Å². The second kappa shape index (κ2) is 7.26. The lowest BCUT2D eigenvalue weighted by molar-refractivity contribution is 0.330. The van der Waals surface area contributed by atoms with Crippen LogP contribution in [-0.2, 0) is 6.42 Å². The second-order valence-corrected chi connectivity index (χ2v) is 7.00. The normalized spacial score (nSPS) is 18.0. The van der Waals surface area contributed by atoms with E-state index in [1.165, 1.54) is 43.9 Å². The molecule has 0 aliphatic heterocycles. The summed E-state index contributed by atoms with van der Waals surface area (Å²) in [4.78, 5) is 4.73. The van der Waals surface area contributed by atoms with Crippen molar-refractivity contribution in [2.45, 2.75) is 56.7 Å². The molecule has 2 aromatic rings. The van der Waals surface area contributed by atoms with Gasteiger partial charge in [-0.3, -0.25) is 4.98 Å². The Morgan fingerprint density at radius 2 is 1.86 bits per heavy atom. The second-order valence-electron chi connectivity index (χ2n) is 6.38. The van der Waals surface area contributed by atoms with Gasteiger partial charge in [0.2, 0.25) is 0 Å². The van der Waals surface area contributed by atoms with E-state index in [1.54, 1.807) is 0 Å². The molecule has 1 aromatic heterocycles. The third-order valence-corrected chi connectivity index (χ3v) is 5.07. The number of benzene rings is 1. The molecular weight excluding hydrogens is 278 g/mol. The van der Waals surface area contributed by atoms with Crippen molar-refractivity contribution in [3.63, 3.8) is 0 Å². The van der Waals surface area contributed by atoms with Crippen molar-refractivity contribution in [3.8, 4) is 0 Å². The van der Waals surface area contributed by atoms with Crippen LogP contribution in [0.1, 0.15) is 50.6 Å². The van der Waals surface area contributed by atoms with Crippen LogP contribution < -0.4 is 0 Å². The lowest BCUT2D eigenvalue weighted by atomic mass is 9.85. The van der Waals surface area contributed by atoms with E-state index >= 15 is 0 Å². The first-order valence-electron chi connectivity index (χ1n) is 8.30. The summed E-state index contributed by atoms with van der Waals surface area (Å²) in [5, 5.41) is 1.43. The quantitative estimate of drug-likeness (QED) is 0.641. The molecule has 0 saturated heterocycles. The zero-order chi connectivity index (χ0) is 14.5. The fourth-order valence-electron chi connectivity index (χ4n) is 3.44. The van der Waals surface area contributed by atoms with Gasteiger partial charge in [-0.2, -0.15) is 0 Å². The lowest BCUT2D eigenvalue weighted by Crippen LogP contribution is -2.11. The van der Waals surface area contributed by atoms with E-state index < -0.39 is 0 Å². The lowest BCUT2D eigenvalue weighted by Gasteiger charge is -2.22. The summed E-state index contributed by atoms with van der Waals surface area (Å²) >= 11 is 6.55. The molecule has 1 aliphatic carbocycles. The van der Waals surface area contributed by atoms with Crippen molar-refractivity contribution in [1.29, 1.82) is 0 Å². The van der Waals surface area contributed by atoms with Gasteiger partial charge >= 0.3 is 0 Å². The highest BCUT2D eigenvalue weighted by atomic mass is 35.5. The van der Waals surface area contributed by atoms with Crippen molar-refractivity contribution in [2.75, 3.05) is 0 Å². The molecule has 2 heteroatoms. The maximum atomic E-state index is 6.55. The molecule has 0 amide bonds. The van der Waals surface area contributed by atoms with Gasteiger partial charge in [-0.1, -0.05) is 56.4 Å². The first kappa shape index (κ1) is 14.8. The number of pyridine rings is 1. The summed E-state index contributed by atoms with van der Waals surface area (Å²) in [6, 6.07) is 12.6. The summed E-state index contributed by atoms with van der Waals surface area (Å²) in [6.45, 7) is 0. The third-order valence-electron chi connectivity index (χ3n) is 4.70. The Morgan fingerprint density at radius 3 is 2.71 bits per heavy atom. The van der Waals surface area contributed by atoms with Crippen LogP contribution in [0.3, 0.4) is 0 Å². The minimum absolute atomic E-state index is 0.223. The summed E-state index contributed by atoms with van der Waals surface area (Å²) in [6.07, 6.45) is 10.4. The molecule has 112 valence electrons. The predicted molar refractivity (Wildman–Crippen MR) is 90.9 cm³/mol. The number of fused-ring (bicyclic) bond motifs is 1. The Bertz CT molecular complexity index is 575. The third kappa shape index (κ3) is 4.20. The highest BCUT2D eigenvalue weighted by Gasteiger charge is 2.15. The van der Waals surface area contributed by atoms with Gasteiger partial charge in [-0.05, 0) is 30.9 Å². The van der Waals surface area contributed by atoms with Gasteiger partial charge in [0.05, 0.1) is 5.52 Å². The van der Waals surface area contributed by atoms with Crippen LogP contribution in [0.2, 0.25) is 0 Å². The number of para-hydroxylation sites is 1. The van der Waals surface area contributed by atoms with Crippen LogP contribution in [0.4, 0.5) is 0 Å². The van der Waals surface area contributed by atoms with Gasteiger partial charge in [0.25, 0.3) is 0 Å². The molecule has 1 saturated carbocycles. The number of hydrogen-bond donors (Lipinski definition) is 0. The highest BCUT2D eigenvalue weighted by molar-refractivity contribution is 6.20. The summed E-state index contributed by atoms with van der Waals surface area (Å²) in [5.74, 6) is 0.921. The molecule has 1 aliphatic rings. The molecule has 0 radical (unpaired) electrons. The van der Waals surface area contributed by atoms with E-state index in [0.29, 0.717) is 0 Å². The number of halogens is 1. The first-order chi connectivity index (χ1) is 10.3. The van der Waals surface area contributed by atoms with Crippen LogP contribution in [0.25, 0.3) is 10.9 Å². The van der Waals surface area contributed by atoms with Gasteiger partial charge in [0.1, 0.15) is 0 Å². The molecule has 0 bridgehead atoms. The van der Waals surface area contributed by atoms with Gasteiger partial charge < -0.3 is 0 Å². The Morgan fingerprint density at radius 1 is 1.05 bits per heavy atom. The van der Waals surface area contributed by atoms with Crippen molar-refractivity contribution in [3.05, 3.63) is 42.1 Å². The predicted octanol–water partition coefficient (Wildman–Crippen LogP) is 5.75. The molecule has 1 nitrogen and oxygen atoms in total. The largest absolute Gasteiger partial charge is 0.253 e. The molecule has 1 atom stereocenters. The fraction of sp³-hybridized carbons (Fsp3) is 0.526. The smallest absolute Gasteiger partial charge is 0.0705 e. The van der Waals surface area contributed by atoms with Gasteiger partial charge in [0, 0.05) is 22.9 Å². The molecule has 1 unspecified atom stereocenters. The van der Waals surface area contributed by atoms with E-state index in [1.807, 2.05) is 6.07 Å². The maximum Gasteiger partial charge on any atom is 0.0705 e. The van der Waals surface area contributed by atoms with Gasteiger partial charge in [-0.25, -0.2) is 0 Å². The number of rotatable bonds is 5. The number of hydrogen-bond acceptors (Lipinski definition) is 1. The Labute approximate surface area is 132 Å². The molecule has 1 heterocycles. The monoisotopic (exact) mass is 301 g/mol. The molecule has 1 aromatic carbocycles. The van der Waals surface area contributed by atoms with Gasteiger partial charge in [-0.15, -0.1) is 11.6 Å². The SMILES string of the molecule is ClC(CCC1CCCCC1)Cc1ccc2ccccc2n1. The Hall–Kier alpha value is -1.08. The van der Waals surface area contributed by atoms with E-state index in [4.69, 9.17) is 16.6 Å². The van der Waals surface area contributed by atoms with E-state index in [2.05, 4.69) is 30.3 Å². The van der Waals surface area contributed by atoms with Crippen LogP contribution in [0, 0.1) is 5.92 Å². The van der Waals surface area contributed by atoms with E-state index in [0.717, 1.165) is 30.0 Å². The number of aromatic nitrogens is 1. The van der Waals surface area contributed by atoms with Crippen molar-refractivity contribution in [2.24, 2.45) is 5.92 Å². The minimum Gasteiger partial charge on any atom is -0.253 e. The maximum absolute atomic E-state index is 6.55. The molecule has 3 rings (SSSR count). The molecule has 1 fully saturated rings. The average Bonchev–Trinajstić information content (AvgIpc) is 2.54. The highest BCUT2D eigenvalue weighted by Crippen LogP contribution is 2.29. The number of alkyl halides is 1. The Kier molecular flexibility index (Phi) is 5.13. The van der Waals surface area contributed by atoms with Crippen LogP contribution in [-0.4, -0.2) is 10.4 Å². The van der Waals surface area contributed by atoms with Crippen LogP contribution >= 0.6 is 11.6 Å². The average molecular weight is 302 g/mol. The summed E-state index contributed by atoms with van der Waals surface area (Å²) in [5.41, 5.74) is 2.20. The summed E-state index contributed by atoms with van der Waals surface area (Å²) < 4.78 is 0. The zero-order valence-electron chi connectivity index (χ0n) is 12.6. The van der Waals surface area contributed by atoms with Crippen molar-refractivity contribution >= 4 is 22.5 Å². The number of nitrogens with zero attached hydrogens (tertiary/aromatic N) is 1. The van der Waals surface area contributed by atoms with Crippen molar-refractivity contribution in [1.82, 2.24) is 4.98 Å². The van der Waals surface area contributed by atoms with E-state index in [-0.39, 0.29) is 5.38 Å².